The van der Waals surface area contributed by atoms with E-state index in [4.69, 9.17) is 15.0 Å². The van der Waals surface area contributed by atoms with E-state index < -0.39 is 34.6 Å². The Labute approximate surface area is 209 Å². The molecule has 1 saturated heterocycles. The number of nitrogens with one attached hydrogen (secondary N) is 1. The van der Waals surface area contributed by atoms with Gasteiger partial charge in [0.2, 0.25) is 10.0 Å². The molecule has 0 unspecified atom stereocenters. The van der Waals surface area contributed by atoms with Crippen LogP contribution < -0.4 is 11.1 Å². The number of hydrogen-bond acceptors (Lipinski definition) is 6. The molecule has 0 radical (unpaired) electrons. The number of sulfonamides is 1. The number of rotatable bonds is 9. The Hall–Kier alpha value is -1.88. The van der Waals surface area contributed by atoms with E-state index in [0.717, 1.165) is 35.4 Å². The average Bonchev–Trinajstić information content (AvgIpc) is 3.15. The minimum Gasteiger partial charge on any atom is -0.404 e. The van der Waals surface area contributed by atoms with Crippen molar-refractivity contribution in [3.8, 4) is 0 Å². The predicted octanol–water partition coefficient (Wildman–Crippen LogP) is 2.45. The highest BCUT2D eigenvalue weighted by atomic mass is 32.2. The van der Waals surface area contributed by atoms with E-state index in [9.17, 15) is 13.2 Å². The van der Waals surface area contributed by atoms with E-state index in [1.165, 1.54) is 19.7 Å². The fraction of sp³-hybridized carbons (Fsp3) is 0.640. The van der Waals surface area contributed by atoms with Crippen LogP contribution in [0, 0.1) is 17.3 Å². The molecule has 0 spiro atoms. The van der Waals surface area contributed by atoms with Gasteiger partial charge in [0.1, 0.15) is 5.70 Å². The standard InChI is InChI=1S/C25H38BN3O5S/c1-24(2)18-14-20(24)25(3)21(15-18)33-26(34-25)22(13-9-12-17-10-7-6-8-11-17)28-23(30)19(27)16-35(31,32)29(4)5/h6-8,10-11,16,18,20-22H,9,12-15,27H2,1-5H3,(H,28,30)/t18-,20-,21+,22-,25-/m0/s1. The molecule has 5 rings (SSSR count). The van der Waals surface area contributed by atoms with E-state index in [2.05, 4.69) is 38.2 Å². The lowest BCUT2D eigenvalue weighted by Gasteiger charge is -2.64. The molecule has 3 N–H and O–H groups in total. The lowest BCUT2D eigenvalue weighted by atomic mass is 9.43. The van der Waals surface area contributed by atoms with Crippen LogP contribution in [0.5, 0.6) is 0 Å². The molecule has 1 heterocycles. The Morgan fingerprint density at radius 1 is 1.26 bits per heavy atom. The highest BCUT2D eigenvalue weighted by molar-refractivity contribution is 7.92. The zero-order valence-electron chi connectivity index (χ0n) is 21.4. The molecule has 4 aliphatic rings. The number of nitrogens with two attached hydrogens (primary N) is 1. The number of nitrogens with zero attached hydrogens (tertiary/aromatic N) is 1. The minimum absolute atomic E-state index is 0.0141. The van der Waals surface area contributed by atoms with Gasteiger partial charge in [0.25, 0.3) is 5.91 Å². The van der Waals surface area contributed by atoms with E-state index >= 15 is 0 Å². The molecule has 192 valence electrons. The number of carbonyl (C=O) groups excluding carboxylic acids is 1. The molecule has 3 saturated carbocycles. The monoisotopic (exact) mass is 503 g/mol. The van der Waals surface area contributed by atoms with Gasteiger partial charge in [0.05, 0.1) is 23.1 Å². The number of aryl methyl sites for hydroxylation is 1. The third-order valence-electron chi connectivity index (χ3n) is 8.48. The summed E-state index contributed by atoms with van der Waals surface area (Å²) in [5.41, 5.74) is 6.54. The molecule has 10 heteroatoms. The summed E-state index contributed by atoms with van der Waals surface area (Å²) in [6.07, 6.45) is 4.33. The second-order valence-electron chi connectivity index (χ2n) is 11.2. The van der Waals surface area contributed by atoms with Crippen LogP contribution in [0.1, 0.15) is 52.0 Å². The lowest BCUT2D eigenvalue weighted by Crippen LogP contribution is -2.65. The van der Waals surface area contributed by atoms with Crippen molar-refractivity contribution in [1.82, 2.24) is 9.62 Å². The highest BCUT2D eigenvalue weighted by Crippen LogP contribution is 2.65. The van der Waals surface area contributed by atoms with Crippen LogP contribution in [0.4, 0.5) is 0 Å². The first kappa shape index (κ1) is 26.2. The molecule has 8 nitrogen and oxygen atoms in total. The first-order valence-corrected chi connectivity index (χ1v) is 13.9. The third kappa shape index (κ3) is 5.03. The van der Waals surface area contributed by atoms with Crippen LogP contribution in [-0.2, 0) is 30.5 Å². The molecule has 1 aliphatic heterocycles. The van der Waals surface area contributed by atoms with Crippen molar-refractivity contribution in [3.63, 3.8) is 0 Å². The molecule has 3 aliphatic carbocycles. The Kier molecular flexibility index (Phi) is 7.14. The Balaban J connectivity index is 1.49. The molecular weight excluding hydrogens is 465 g/mol. The number of carbonyl (C=O) groups is 1. The van der Waals surface area contributed by atoms with E-state index in [-0.39, 0.29) is 17.2 Å². The maximum Gasteiger partial charge on any atom is 0.481 e. The summed E-state index contributed by atoms with van der Waals surface area (Å²) >= 11 is 0. The summed E-state index contributed by atoms with van der Waals surface area (Å²) in [7, 11) is -1.61. The second kappa shape index (κ2) is 9.54. The fourth-order valence-corrected chi connectivity index (χ4v) is 6.73. The van der Waals surface area contributed by atoms with Crippen molar-refractivity contribution in [2.45, 2.75) is 70.5 Å². The number of amides is 1. The van der Waals surface area contributed by atoms with Gasteiger partial charge in [-0.05, 0) is 61.8 Å². The summed E-state index contributed by atoms with van der Waals surface area (Å²) in [4.78, 5) is 12.9. The Bertz CT molecular complexity index is 1080. The zero-order chi connectivity index (χ0) is 25.6. The molecule has 4 fully saturated rings. The fourth-order valence-electron chi connectivity index (χ4n) is 6.09. The smallest absolute Gasteiger partial charge is 0.404 e. The zero-order valence-corrected chi connectivity index (χ0v) is 22.2. The number of benzene rings is 1. The van der Waals surface area contributed by atoms with E-state index in [1.54, 1.807) is 0 Å². The van der Waals surface area contributed by atoms with Gasteiger partial charge in [0, 0.05) is 14.1 Å². The van der Waals surface area contributed by atoms with Gasteiger partial charge in [-0.2, -0.15) is 0 Å². The molecule has 1 amide bonds. The summed E-state index contributed by atoms with van der Waals surface area (Å²) in [6, 6.07) is 10.2. The SMILES string of the molecule is CN(C)S(=O)(=O)C=C(N)C(=O)N[C@@H](CCCc1ccccc1)B1O[C@@H]2C[C@@H]3C[C@@H](C3(C)C)[C@]2(C)O1. The second-order valence-corrected chi connectivity index (χ2v) is 13.2. The van der Waals surface area contributed by atoms with Gasteiger partial charge in [-0.25, -0.2) is 12.7 Å². The quantitative estimate of drug-likeness (QED) is 0.396. The summed E-state index contributed by atoms with van der Waals surface area (Å²) in [6.45, 7) is 6.75. The summed E-state index contributed by atoms with van der Waals surface area (Å²) in [5, 5.41) is 3.71. The van der Waals surface area contributed by atoms with E-state index in [1.807, 2.05) is 18.2 Å². The van der Waals surface area contributed by atoms with Crippen LogP contribution in [0.3, 0.4) is 0 Å². The topological polar surface area (TPSA) is 111 Å². The van der Waals surface area contributed by atoms with Gasteiger partial charge < -0.3 is 20.4 Å². The maximum absolute atomic E-state index is 12.9. The molecule has 0 aromatic heterocycles. The molecule has 5 atom stereocenters. The Morgan fingerprint density at radius 2 is 1.94 bits per heavy atom. The van der Waals surface area contributed by atoms with Crippen molar-refractivity contribution < 1.29 is 22.5 Å². The van der Waals surface area contributed by atoms with Crippen molar-refractivity contribution >= 4 is 23.0 Å². The van der Waals surface area contributed by atoms with Crippen LogP contribution in [0.25, 0.3) is 0 Å². The normalized spacial score (nSPS) is 30.5. The van der Waals surface area contributed by atoms with Crippen LogP contribution >= 0.6 is 0 Å². The van der Waals surface area contributed by atoms with Gasteiger partial charge in [-0.1, -0.05) is 44.2 Å². The summed E-state index contributed by atoms with van der Waals surface area (Å²) in [5.74, 6) is -0.0755. The molecule has 2 bridgehead atoms. The van der Waals surface area contributed by atoms with Gasteiger partial charge in [0.15, 0.2) is 0 Å². The van der Waals surface area contributed by atoms with Crippen molar-refractivity contribution in [2.75, 3.05) is 14.1 Å². The largest absolute Gasteiger partial charge is 0.481 e. The third-order valence-corrected chi connectivity index (χ3v) is 10.1. The lowest BCUT2D eigenvalue weighted by molar-refractivity contribution is -0.199. The van der Waals surface area contributed by atoms with Gasteiger partial charge >= 0.3 is 7.12 Å². The van der Waals surface area contributed by atoms with Crippen molar-refractivity contribution in [3.05, 3.63) is 47.0 Å². The number of hydrogen-bond donors (Lipinski definition) is 2. The minimum atomic E-state index is -3.77. The van der Waals surface area contributed by atoms with Crippen LogP contribution in [0.2, 0.25) is 0 Å². The molecule has 1 aromatic carbocycles. The molecule has 1 aromatic rings. The summed E-state index contributed by atoms with van der Waals surface area (Å²) < 4.78 is 38.4. The maximum atomic E-state index is 12.9. The van der Waals surface area contributed by atoms with E-state index in [0.29, 0.717) is 18.3 Å². The van der Waals surface area contributed by atoms with Gasteiger partial charge in [-0.3, -0.25) is 4.79 Å². The highest BCUT2D eigenvalue weighted by Gasteiger charge is 2.68. The predicted molar refractivity (Wildman–Crippen MR) is 136 cm³/mol. The first-order chi connectivity index (χ1) is 16.3. The van der Waals surface area contributed by atoms with Crippen molar-refractivity contribution in [2.24, 2.45) is 23.0 Å². The Morgan fingerprint density at radius 3 is 2.57 bits per heavy atom. The first-order valence-electron chi connectivity index (χ1n) is 12.4. The van der Waals surface area contributed by atoms with Gasteiger partial charge in [-0.15, -0.1) is 0 Å². The van der Waals surface area contributed by atoms with Crippen molar-refractivity contribution in [1.29, 1.82) is 0 Å². The van der Waals surface area contributed by atoms with Crippen LogP contribution in [0.15, 0.2) is 41.4 Å². The average molecular weight is 503 g/mol. The molecular formula is C25H38BN3O5S. The molecule has 35 heavy (non-hydrogen) atoms. The van der Waals surface area contributed by atoms with Crippen LogP contribution in [-0.4, -0.2) is 57.5 Å².